The van der Waals surface area contributed by atoms with Crippen molar-refractivity contribution in [2.75, 3.05) is 0 Å². The summed E-state index contributed by atoms with van der Waals surface area (Å²) in [5.74, 6) is -1.06. The molecular formula is C4H7BO2. The summed E-state index contributed by atoms with van der Waals surface area (Å²) in [7, 11) is 5.11. The first-order chi connectivity index (χ1) is 3.13. The summed E-state index contributed by atoms with van der Waals surface area (Å²) in [4.78, 5) is 9.73. The van der Waals surface area contributed by atoms with Crippen molar-refractivity contribution < 1.29 is 9.90 Å². The van der Waals surface area contributed by atoms with Gasteiger partial charge < -0.3 is 5.11 Å². The number of aliphatic carboxylic acids is 1. The van der Waals surface area contributed by atoms with E-state index in [1.54, 1.807) is 6.92 Å². The van der Waals surface area contributed by atoms with Gasteiger partial charge in [-0.15, -0.1) is 0 Å². The van der Waals surface area contributed by atoms with E-state index >= 15 is 0 Å². The van der Waals surface area contributed by atoms with Gasteiger partial charge in [0.05, 0.1) is 7.85 Å². The minimum absolute atomic E-state index is 0.0556. The van der Waals surface area contributed by atoms with Crippen LogP contribution in [0.25, 0.3) is 0 Å². The second kappa shape index (κ2) is 2.67. The molecule has 3 heteroatoms. The zero-order chi connectivity index (χ0) is 5.86. The minimum atomic E-state index is -0.838. The third-order valence-corrected chi connectivity index (χ3v) is 0.497. The Labute approximate surface area is 43.9 Å². The van der Waals surface area contributed by atoms with Crippen LogP contribution in [0.4, 0.5) is 0 Å². The second-order valence-corrected chi connectivity index (χ2v) is 1.58. The third-order valence-electron chi connectivity index (χ3n) is 0.497. The van der Waals surface area contributed by atoms with Crippen molar-refractivity contribution >= 4 is 13.8 Å². The maximum Gasteiger partial charge on any atom is 0.302 e. The van der Waals surface area contributed by atoms with E-state index in [2.05, 4.69) is 0 Å². The van der Waals surface area contributed by atoms with Crippen molar-refractivity contribution in [1.82, 2.24) is 0 Å². The zero-order valence-electron chi connectivity index (χ0n) is 4.22. The molecule has 0 saturated carbocycles. The van der Waals surface area contributed by atoms with Crippen LogP contribution in [-0.4, -0.2) is 18.9 Å². The molecule has 0 aromatic carbocycles. The molecule has 1 unspecified atom stereocenters. The Bertz CT molecular complexity index is 70.1. The summed E-state index contributed by atoms with van der Waals surface area (Å²) in [6.07, 6.45) is 0.0556. The Balaban J connectivity index is 3.13. The van der Waals surface area contributed by atoms with Gasteiger partial charge in [-0.05, 0) is 0 Å². The van der Waals surface area contributed by atoms with Crippen molar-refractivity contribution in [2.24, 2.45) is 0 Å². The predicted octanol–water partition coefficient (Wildman–Crippen LogP) is 0.438. The van der Waals surface area contributed by atoms with E-state index in [0.29, 0.717) is 0 Å². The van der Waals surface area contributed by atoms with E-state index in [9.17, 15) is 4.79 Å². The van der Waals surface area contributed by atoms with Gasteiger partial charge in [0.15, 0.2) is 0 Å². The Kier molecular flexibility index (Phi) is 2.49. The standard InChI is InChI=1S/C4H7BO2/c1-3(5)2-4(6)7/h3H,2H2,1H3,(H,6,7). The van der Waals surface area contributed by atoms with E-state index in [1.807, 2.05) is 0 Å². The predicted molar refractivity (Wildman–Crippen MR) is 27.4 cm³/mol. The first kappa shape index (κ1) is 6.53. The van der Waals surface area contributed by atoms with Crippen LogP contribution >= 0.6 is 0 Å². The highest BCUT2D eigenvalue weighted by Gasteiger charge is 1.98. The molecule has 0 rings (SSSR count). The van der Waals surface area contributed by atoms with E-state index in [4.69, 9.17) is 13.0 Å². The Morgan fingerprint density at radius 3 is 2.43 bits per heavy atom. The molecule has 0 aromatic rings. The monoisotopic (exact) mass is 98.1 g/mol. The van der Waals surface area contributed by atoms with Crippen LogP contribution < -0.4 is 0 Å². The third kappa shape index (κ3) is 5.53. The SMILES string of the molecule is [B]C(C)CC(=O)O. The Morgan fingerprint density at radius 1 is 2.00 bits per heavy atom. The minimum Gasteiger partial charge on any atom is -0.481 e. The highest BCUT2D eigenvalue weighted by Crippen LogP contribution is 2.00. The molecule has 0 aliphatic rings. The molecule has 0 saturated heterocycles. The fourth-order valence-electron chi connectivity index (χ4n) is 0.275. The summed E-state index contributed by atoms with van der Waals surface area (Å²) in [6.45, 7) is 1.66. The highest BCUT2D eigenvalue weighted by atomic mass is 16.4. The molecule has 0 bridgehead atoms. The quantitative estimate of drug-likeness (QED) is 0.508. The Hall–Kier alpha value is -0.465. The van der Waals surface area contributed by atoms with Crippen LogP contribution in [0.3, 0.4) is 0 Å². The average molecular weight is 97.9 g/mol. The van der Waals surface area contributed by atoms with Gasteiger partial charge in [0.25, 0.3) is 0 Å². The molecule has 1 atom stereocenters. The molecule has 38 valence electrons. The average Bonchev–Trinajstić information content (AvgIpc) is 1.27. The maximum atomic E-state index is 9.73. The molecule has 1 N–H and O–H groups in total. The van der Waals surface area contributed by atoms with E-state index in [1.165, 1.54) is 0 Å². The van der Waals surface area contributed by atoms with Crippen LogP contribution in [0.1, 0.15) is 13.3 Å². The maximum absolute atomic E-state index is 9.73. The first-order valence-corrected chi connectivity index (χ1v) is 2.10. The van der Waals surface area contributed by atoms with Crippen molar-refractivity contribution in [3.05, 3.63) is 0 Å². The molecule has 0 aromatic heterocycles. The number of hydrogen-bond donors (Lipinski definition) is 1. The van der Waals surface area contributed by atoms with Gasteiger partial charge in [0.2, 0.25) is 0 Å². The Morgan fingerprint density at radius 2 is 2.43 bits per heavy atom. The van der Waals surface area contributed by atoms with Gasteiger partial charge in [-0.25, -0.2) is 0 Å². The van der Waals surface area contributed by atoms with Crippen molar-refractivity contribution in [3.8, 4) is 0 Å². The number of rotatable bonds is 2. The molecule has 0 spiro atoms. The van der Waals surface area contributed by atoms with Crippen molar-refractivity contribution in [3.63, 3.8) is 0 Å². The highest BCUT2D eigenvalue weighted by molar-refractivity contribution is 6.12. The lowest BCUT2D eigenvalue weighted by Crippen LogP contribution is -1.97. The summed E-state index contributed by atoms with van der Waals surface area (Å²) >= 11 is 0. The van der Waals surface area contributed by atoms with Crippen LogP contribution in [0, 0.1) is 0 Å². The van der Waals surface area contributed by atoms with Gasteiger partial charge in [-0.2, -0.15) is 0 Å². The number of carboxylic acid groups (broad SMARTS) is 1. The van der Waals surface area contributed by atoms with Crippen molar-refractivity contribution in [2.45, 2.75) is 19.2 Å². The summed E-state index contributed by atoms with van der Waals surface area (Å²) in [5.41, 5.74) is 0. The molecule has 0 heterocycles. The van der Waals surface area contributed by atoms with Crippen LogP contribution in [0.5, 0.6) is 0 Å². The van der Waals surface area contributed by atoms with E-state index in [0.717, 1.165) is 0 Å². The fraction of sp³-hybridized carbons (Fsp3) is 0.750. The smallest absolute Gasteiger partial charge is 0.302 e. The van der Waals surface area contributed by atoms with Crippen molar-refractivity contribution in [1.29, 1.82) is 0 Å². The molecule has 0 fully saturated rings. The lowest BCUT2D eigenvalue weighted by molar-refractivity contribution is -0.136. The largest absolute Gasteiger partial charge is 0.481 e. The lowest BCUT2D eigenvalue weighted by atomic mass is 9.87. The summed E-state index contributed by atoms with van der Waals surface area (Å²) < 4.78 is 0. The van der Waals surface area contributed by atoms with Gasteiger partial charge in [0, 0.05) is 6.42 Å². The molecule has 2 nitrogen and oxygen atoms in total. The van der Waals surface area contributed by atoms with Gasteiger partial charge in [0.1, 0.15) is 0 Å². The molecule has 0 amide bonds. The number of hydrogen-bond acceptors (Lipinski definition) is 1. The van der Waals surface area contributed by atoms with Crippen LogP contribution in [0.15, 0.2) is 0 Å². The zero-order valence-corrected chi connectivity index (χ0v) is 4.22. The molecule has 7 heavy (non-hydrogen) atoms. The van der Waals surface area contributed by atoms with Gasteiger partial charge in [-0.1, -0.05) is 12.7 Å². The van der Waals surface area contributed by atoms with Crippen LogP contribution in [-0.2, 0) is 4.79 Å². The normalized spacial score (nSPS) is 13.3. The van der Waals surface area contributed by atoms with Gasteiger partial charge in [-0.3, -0.25) is 4.79 Å². The van der Waals surface area contributed by atoms with Gasteiger partial charge >= 0.3 is 5.97 Å². The number of carbonyl (C=O) groups is 1. The number of carboxylic acids is 1. The molecule has 0 aliphatic carbocycles. The first-order valence-electron chi connectivity index (χ1n) is 2.10. The topological polar surface area (TPSA) is 37.3 Å². The fourth-order valence-corrected chi connectivity index (χ4v) is 0.275. The van der Waals surface area contributed by atoms with E-state index in [-0.39, 0.29) is 12.2 Å². The second-order valence-electron chi connectivity index (χ2n) is 1.58. The summed E-state index contributed by atoms with van der Waals surface area (Å²) in [5, 5.41) is 8.00. The molecular weight excluding hydrogens is 90.9 g/mol. The van der Waals surface area contributed by atoms with Crippen LogP contribution in [0.2, 0.25) is 5.82 Å². The summed E-state index contributed by atoms with van der Waals surface area (Å²) in [6, 6.07) is 0. The lowest BCUT2D eigenvalue weighted by Gasteiger charge is -1.94. The molecule has 0 aliphatic heterocycles. The van der Waals surface area contributed by atoms with E-state index < -0.39 is 5.97 Å². The molecule has 2 radical (unpaired) electrons.